The molecule has 0 spiro atoms. The zero-order valence-corrected chi connectivity index (χ0v) is 5.10. The van der Waals surface area contributed by atoms with E-state index in [9.17, 15) is 4.79 Å². The van der Waals surface area contributed by atoms with Gasteiger partial charge < -0.3 is 24.8 Å². The highest BCUT2D eigenvalue weighted by Crippen LogP contribution is 1.87. The summed E-state index contributed by atoms with van der Waals surface area (Å²) in [5.74, 6) is -0.747. The van der Waals surface area contributed by atoms with Crippen molar-refractivity contribution in [3.63, 3.8) is 0 Å². The van der Waals surface area contributed by atoms with E-state index in [2.05, 4.69) is 4.65 Å². The molecule has 0 rings (SSSR count). The molecule has 60 valence electrons. The normalized spacial score (nSPS) is 11.6. The number of hydrogen-bond acceptors (Lipinski definition) is 6. The van der Waals surface area contributed by atoms with Gasteiger partial charge in [-0.25, -0.2) is 0 Å². The van der Waals surface area contributed by atoms with E-state index in [0.29, 0.717) is 0 Å². The Labute approximate surface area is 56.7 Å². The van der Waals surface area contributed by atoms with Gasteiger partial charge >= 0.3 is 6.96 Å². The molecule has 0 aliphatic rings. The molecule has 4 N–H and O–H groups in total. The van der Waals surface area contributed by atoms with Gasteiger partial charge in [0.2, 0.25) is 0 Å². The van der Waals surface area contributed by atoms with E-state index in [1.54, 1.807) is 0 Å². The Kier molecular flexibility index (Phi) is 3.47. The van der Waals surface area contributed by atoms with Crippen LogP contribution >= 0.6 is 0 Å². The van der Waals surface area contributed by atoms with Crippen LogP contribution in [0.1, 0.15) is 0 Å². The first-order chi connectivity index (χ1) is 4.45. The van der Waals surface area contributed by atoms with Gasteiger partial charge in [0.15, 0.2) is 5.78 Å². The summed E-state index contributed by atoms with van der Waals surface area (Å²) in [6, 6.07) is 0. The second-order valence-electron chi connectivity index (χ2n) is 1.67. The van der Waals surface area contributed by atoms with E-state index in [-0.39, 0.29) is 0 Å². The lowest BCUT2D eigenvalue weighted by atomic mass is 10.1. The third-order valence-electron chi connectivity index (χ3n) is 0.644. The summed E-state index contributed by atoms with van der Waals surface area (Å²) < 4.78 is 3.80. The largest absolute Gasteiger partial charge is 0.534 e. The van der Waals surface area contributed by atoms with Crippen molar-refractivity contribution in [2.75, 3.05) is 13.2 Å². The summed E-state index contributed by atoms with van der Waals surface area (Å²) in [5, 5.41) is 32.3. The Morgan fingerprint density at radius 1 is 1.40 bits per heavy atom. The van der Waals surface area contributed by atoms with Crippen molar-refractivity contribution < 1.29 is 29.6 Å². The molecule has 0 unspecified atom stereocenters. The highest BCUT2D eigenvalue weighted by atomic mass is 16.7. The van der Waals surface area contributed by atoms with Crippen molar-refractivity contribution >= 4 is 12.7 Å². The lowest BCUT2D eigenvalue weighted by Crippen LogP contribution is -2.40. The first-order valence-corrected chi connectivity index (χ1v) is 2.53. The van der Waals surface area contributed by atoms with Gasteiger partial charge in [-0.2, -0.15) is 0 Å². The zero-order valence-electron chi connectivity index (χ0n) is 5.10. The molecule has 10 heavy (non-hydrogen) atoms. The summed E-state index contributed by atoms with van der Waals surface area (Å²) in [6.07, 6.45) is 0. The number of aliphatic hydroxyl groups is 1. The maximum Gasteiger partial charge on any atom is 0.524 e. The van der Waals surface area contributed by atoms with Crippen molar-refractivity contribution in [1.82, 2.24) is 0 Å². The average molecular weight is 151 g/mol. The van der Waals surface area contributed by atoms with E-state index >= 15 is 0 Å². The Bertz CT molecular complexity index is 117. The van der Waals surface area contributed by atoms with Gasteiger partial charge in [-0.1, -0.05) is 0 Å². The molecule has 0 aromatic heterocycles. The fourth-order valence-corrected chi connectivity index (χ4v) is 0.250. The first kappa shape index (κ1) is 9.53. The second-order valence-corrected chi connectivity index (χ2v) is 1.67. The quantitative estimate of drug-likeness (QED) is 0.318. The summed E-state index contributed by atoms with van der Waals surface area (Å²) >= 11 is 0. The molecule has 6 nitrogen and oxygen atoms in total. The fourth-order valence-electron chi connectivity index (χ4n) is 0.250. The minimum absolute atomic E-state index is 0.722. The molecule has 0 saturated heterocycles. The van der Waals surface area contributed by atoms with Crippen LogP contribution in [0.3, 0.4) is 0 Å². The fraction of sp³-hybridized carbons (Fsp3) is 0.667. The van der Waals surface area contributed by atoms with Crippen molar-refractivity contribution in [2.45, 2.75) is 0 Å². The predicted octanol–water partition coefficient (Wildman–Crippen LogP) is -3.02. The summed E-state index contributed by atoms with van der Waals surface area (Å²) in [5.41, 5.74) is 0. The van der Waals surface area contributed by atoms with E-state index in [0.717, 1.165) is 0 Å². The molecule has 0 amide bonds. The summed E-state index contributed by atoms with van der Waals surface area (Å²) in [7, 11) is 0. The monoisotopic (exact) mass is 151 g/mol. The maximum atomic E-state index is 10.2. The molecule has 7 heteroatoms. The number of rotatable bonds is 4. The van der Waals surface area contributed by atoms with Crippen LogP contribution in [0.4, 0.5) is 0 Å². The van der Waals surface area contributed by atoms with Crippen LogP contribution in [0.15, 0.2) is 0 Å². The van der Waals surface area contributed by atoms with Crippen molar-refractivity contribution in [3.8, 4) is 0 Å². The SMILES string of the molecule is O=C(CO)CO[B-](O)(O)O. The lowest BCUT2D eigenvalue weighted by Gasteiger charge is -2.20. The molecule has 0 saturated carbocycles. The maximum absolute atomic E-state index is 10.2. The predicted molar refractivity (Wildman–Crippen MR) is 30.5 cm³/mol. The molecule has 0 heterocycles. The van der Waals surface area contributed by atoms with Gasteiger partial charge in [-0.15, -0.1) is 0 Å². The van der Waals surface area contributed by atoms with Crippen LogP contribution < -0.4 is 0 Å². The standard InChI is InChI=1S/C3H8BO6/c5-1-3(6)2-10-4(7,8)9/h5,7-9H,1-2H2/q-1. The Hall–Kier alpha value is -0.465. The van der Waals surface area contributed by atoms with Crippen molar-refractivity contribution in [1.29, 1.82) is 0 Å². The minimum atomic E-state index is -3.87. The second kappa shape index (κ2) is 3.64. The number of carbonyl (C=O) groups excluding carboxylic acids is 1. The van der Waals surface area contributed by atoms with Crippen LogP contribution in [0.5, 0.6) is 0 Å². The topological polar surface area (TPSA) is 107 Å². The number of Topliss-reactive ketones (excluding diaryl/α,β-unsaturated/α-hetero) is 1. The van der Waals surface area contributed by atoms with Gasteiger partial charge in [0, 0.05) is 0 Å². The van der Waals surface area contributed by atoms with Gasteiger partial charge in [0.1, 0.15) is 6.61 Å². The number of hydrogen-bond donors (Lipinski definition) is 4. The van der Waals surface area contributed by atoms with Gasteiger partial charge in [0.25, 0.3) is 0 Å². The zero-order chi connectivity index (χ0) is 8.20. The van der Waals surface area contributed by atoms with E-state index in [4.69, 9.17) is 20.2 Å². The molecule has 0 atom stereocenters. The molecular formula is C3H8BO6-. The highest BCUT2D eigenvalue weighted by Gasteiger charge is 2.17. The molecule has 0 aliphatic carbocycles. The van der Waals surface area contributed by atoms with Crippen LogP contribution in [0.2, 0.25) is 0 Å². The Morgan fingerprint density at radius 3 is 2.20 bits per heavy atom. The first-order valence-electron chi connectivity index (χ1n) is 2.53. The van der Waals surface area contributed by atoms with Crippen LogP contribution in [-0.2, 0) is 9.45 Å². The summed E-state index contributed by atoms with van der Waals surface area (Å²) in [4.78, 5) is 10.2. The number of ketones is 1. The minimum Gasteiger partial charge on any atom is -0.534 e. The van der Waals surface area contributed by atoms with E-state index < -0.39 is 26.0 Å². The van der Waals surface area contributed by atoms with Crippen LogP contribution in [0, 0.1) is 0 Å². The van der Waals surface area contributed by atoms with Crippen molar-refractivity contribution in [2.24, 2.45) is 0 Å². The van der Waals surface area contributed by atoms with Crippen molar-refractivity contribution in [3.05, 3.63) is 0 Å². The Balaban J connectivity index is 3.46. The van der Waals surface area contributed by atoms with Gasteiger partial charge in [-0.3, -0.25) is 4.79 Å². The third-order valence-corrected chi connectivity index (χ3v) is 0.644. The molecule has 0 aromatic rings. The highest BCUT2D eigenvalue weighted by molar-refractivity contribution is 6.48. The molecule has 0 fully saturated rings. The van der Waals surface area contributed by atoms with Gasteiger partial charge in [0.05, 0.1) is 6.61 Å². The average Bonchev–Trinajstić information content (AvgIpc) is 1.81. The number of carbonyl (C=O) groups is 1. The Morgan fingerprint density at radius 2 is 1.90 bits per heavy atom. The smallest absolute Gasteiger partial charge is 0.524 e. The van der Waals surface area contributed by atoms with Gasteiger partial charge in [-0.05, 0) is 0 Å². The molecule has 0 aromatic carbocycles. The number of aliphatic hydroxyl groups excluding tert-OH is 1. The molecule has 0 aliphatic heterocycles. The third kappa shape index (κ3) is 5.67. The lowest BCUT2D eigenvalue weighted by molar-refractivity contribution is -0.125. The van der Waals surface area contributed by atoms with E-state index in [1.807, 2.05) is 0 Å². The van der Waals surface area contributed by atoms with Crippen LogP contribution in [-0.4, -0.2) is 46.1 Å². The molecular weight excluding hydrogens is 143 g/mol. The summed E-state index contributed by atoms with van der Waals surface area (Å²) in [6.45, 7) is -5.35. The van der Waals surface area contributed by atoms with E-state index in [1.165, 1.54) is 0 Å². The molecule has 0 bridgehead atoms. The van der Waals surface area contributed by atoms with Crippen LogP contribution in [0.25, 0.3) is 0 Å². The molecule has 0 radical (unpaired) electrons.